The molecule has 1 aromatic carbocycles. The number of amides is 3. The number of carboxylic acids is 2. The Morgan fingerprint density at radius 1 is 0.931 bits per heavy atom. The van der Waals surface area contributed by atoms with Crippen molar-refractivity contribution in [3.8, 4) is 0 Å². The monoisotopic (exact) mass is 408 g/mol. The highest BCUT2D eigenvalue weighted by Crippen LogP contribution is 2.04. The van der Waals surface area contributed by atoms with Gasteiger partial charge in [-0.1, -0.05) is 30.3 Å². The van der Waals surface area contributed by atoms with Crippen LogP contribution in [0.5, 0.6) is 0 Å². The van der Waals surface area contributed by atoms with Crippen molar-refractivity contribution < 1.29 is 34.2 Å². The third kappa shape index (κ3) is 8.84. The van der Waals surface area contributed by atoms with Crippen molar-refractivity contribution >= 4 is 29.7 Å². The Morgan fingerprint density at radius 2 is 1.55 bits per heavy atom. The molecule has 11 nitrogen and oxygen atoms in total. The van der Waals surface area contributed by atoms with Gasteiger partial charge in [0.05, 0.1) is 12.5 Å². The summed E-state index contributed by atoms with van der Waals surface area (Å²) in [6.45, 7) is 0.728. The van der Waals surface area contributed by atoms with Gasteiger partial charge in [0, 0.05) is 6.42 Å². The first-order chi connectivity index (χ1) is 13.6. The molecule has 0 aromatic heterocycles. The van der Waals surface area contributed by atoms with E-state index in [0.29, 0.717) is 0 Å². The molecule has 0 aliphatic heterocycles. The van der Waals surface area contributed by atoms with E-state index in [2.05, 4.69) is 16.0 Å². The topological polar surface area (TPSA) is 188 Å². The summed E-state index contributed by atoms with van der Waals surface area (Å²) in [5.74, 6) is -4.75. The van der Waals surface area contributed by atoms with Crippen LogP contribution in [0, 0.1) is 0 Å². The second kappa shape index (κ2) is 11.4. The van der Waals surface area contributed by atoms with E-state index in [9.17, 15) is 24.0 Å². The molecule has 158 valence electrons. The van der Waals surface area contributed by atoms with Gasteiger partial charge in [-0.15, -0.1) is 0 Å². The number of nitrogens with one attached hydrogen (secondary N) is 3. The van der Waals surface area contributed by atoms with Crippen molar-refractivity contribution in [3.63, 3.8) is 0 Å². The summed E-state index contributed by atoms with van der Waals surface area (Å²) < 4.78 is 0. The highest BCUT2D eigenvalue weighted by atomic mass is 16.4. The number of nitrogens with two attached hydrogens (primary N) is 1. The van der Waals surface area contributed by atoms with Gasteiger partial charge in [0.1, 0.15) is 18.6 Å². The molecule has 0 spiro atoms. The lowest BCUT2D eigenvalue weighted by Gasteiger charge is -2.22. The predicted octanol–water partition coefficient (Wildman–Crippen LogP) is -1.78. The average Bonchev–Trinajstić information content (AvgIpc) is 2.65. The molecule has 0 radical (unpaired) electrons. The zero-order valence-corrected chi connectivity index (χ0v) is 15.8. The fourth-order valence-electron chi connectivity index (χ4n) is 2.31. The molecule has 1 rings (SSSR count). The van der Waals surface area contributed by atoms with Crippen LogP contribution in [0.2, 0.25) is 0 Å². The van der Waals surface area contributed by atoms with E-state index in [-0.39, 0.29) is 6.42 Å². The van der Waals surface area contributed by atoms with Gasteiger partial charge in [-0.25, -0.2) is 0 Å². The Balaban J connectivity index is 2.78. The number of carbonyl (C=O) groups excluding carboxylic acids is 3. The summed E-state index contributed by atoms with van der Waals surface area (Å²) in [5.41, 5.74) is 6.17. The molecule has 0 aliphatic rings. The molecular formula is C18H24N4O7. The van der Waals surface area contributed by atoms with Crippen molar-refractivity contribution in [2.75, 3.05) is 6.54 Å². The molecule has 29 heavy (non-hydrogen) atoms. The first kappa shape index (κ1) is 23.6. The van der Waals surface area contributed by atoms with Gasteiger partial charge in [-0.05, 0) is 12.5 Å². The summed E-state index contributed by atoms with van der Waals surface area (Å²) in [6, 6.07) is 5.22. The van der Waals surface area contributed by atoms with Gasteiger partial charge in [0.15, 0.2) is 0 Å². The summed E-state index contributed by atoms with van der Waals surface area (Å²) in [7, 11) is 0. The van der Waals surface area contributed by atoms with Crippen LogP contribution in [-0.4, -0.2) is 64.5 Å². The number of hydrogen-bond acceptors (Lipinski definition) is 6. The minimum atomic E-state index is -1.33. The maximum absolute atomic E-state index is 12.4. The molecule has 0 heterocycles. The number of aliphatic carboxylic acids is 2. The Bertz CT molecular complexity index is 754. The fourth-order valence-corrected chi connectivity index (χ4v) is 2.31. The van der Waals surface area contributed by atoms with Crippen molar-refractivity contribution in [3.05, 3.63) is 35.9 Å². The maximum Gasteiger partial charge on any atom is 0.322 e. The number of benzene rings is 1. The molecule has 1 aromatic rings. The van der Waals surface area contributed by atoms with Gasteiger partial charge in [0.2, 0.25) is 17.7 Å². The van der Waals surface area contributed by atoms with Crippen LogP contribution < -0.4 is 21.7 Å². The molecule has 7 N–H and O–H groups in total. The average molecular weight is 408 g/mol. The Kier molecular flexibility index (Phi) is 9.26. The van der Waals surface area contributed by atoms with E-state index in [1.54, 1.807) is 30.3 Å². The molecule has 3 amide bonds. The van der Waals surface area contributed by atoms with E-state index in [0.717, 1.165) is 5.56 Å². The second-order valence-corrected chi connectivity index (χ2v) is 6.30. The molecule has 3 unspecified atom stereocenters. The highest BCUT2D eigenvalue weighted by molar-refractivity contribution is 5.94. The minimum absolute atomic E-state index is 0.0945. The standard InChI is InChI=1S/C18H24N4O7/c1-10(21-17(28)12(19)8-14(23)24)16(27)22-13(18(29)20-9-15(25)26)7-11-5-3-2-4-6-11/h2-6,10,12-13H,7-9,19H2,1H3,(H,20,29)(H,21,28)(H,22,27)(H,23,24)(H,25,26). The predicted molar refractivity (Wildman–Crippen MR) is 101 cm³/mol. The van der Waals surface area contributed by atoms with Gasteiger partial charge < -0.3 is 31.9 Å². The quantitative estimate of drug-likeness (QED) is 0.248. The largest absolute Gasteiger partial charge is 0.481 e. The number of carbonyl (C=O) groups is 5. The zero-order valence-electron chi connectivity index (χ0n) is 15.8. The van der Waals surface area contributed by atoms with Crippen molar-refractivity contribution in [2.45, 2.75) is 37.9 Å². The molecule has 0 fully saturated rings. The van der Waals surface area contributed by atoms with Crippen LogP contribution >= 0.6 is 0 Å². The van der Waals surface area contributed by atoms with Gasteiger partial charge in [0.25, 0.3) is 0 Å². The Labute approximate surface area is 166 Å². The first-order valence-corrected chi connectivity index (χ1v) is 8.71. The minimum Gasteiger partial charge on any atom is -0.481 e. The van der Waals surface area contributed by atoms with E-state index < -0.39 is 60.8 Å². The van der Waals surface area contributed by atoms with Gasteiger partial charge in [-0.2, -0.15) is 0 Å². The normalized spacial score (nSPS) is 13.4. The Morgan fingerprint density at radius 3 is 2.10 bits per heavy atom. The lowest BCUT2D eigenvalue weighted by atomic mass is 10.0. The SMILES string of the molecule is CC(NC(=O)C(N)CC(=O)O)C(=O)NC(Cc1ccccc1)C(=O)NCC(=O)O. The second-order valence-electron chi connectivity index (χ2n) is 6.30. The maximum atomic E-state index is 12.4. The van der Waals surface area contributed by atoms with Gasteiger partial charge in [-0.3, -0.25) is 24.0 Å². The number of hydrogen-bond donors (Lipinski definition) is 6. The summed E-state index contributed by atoms with van der Waals surface area (Å²) in [5, 5.41) is 24.3. The number of carboxylic acid groups (broad SMARTS) is 2. The molecule has 0 aliphatic carbocycles. The molecule has 0 saturated carbocycles. The lowest BCUT2D eigenvalue weighted by Crippen LogP contribution is -2.55. The van der Waals surface area contributed by atoms with Crippen molar-refractivity contribution in [1.29, 1.82) is 0 Å². The first-order valence-electron chi connectivity index (χ1n) is 8.71. The van der Waals surface area contributed by atoms with Crippen molar-refractivity contribution in [1.82, 2.24) is 16.0 Å². The van der Waals surface area contributed by atoms with Crippen LogP contribution in [-0.2, 0) is 30.4 Å². The van der Waals surface area contributed by atoms with Crippen LogP contribution in [0.3, 0.4) is 0 Å². The smallest absolute Gasteiger partial charge is 0.322 e. The molecule has 0 saturated heterocycles. The van der Waals surface area contributed by atoms with E-state index in [1.807, 2.05) is 0 Å². The molecule has 3 atom stereocenters. The van der Waals surface area contributed by atoms with Gasteiger partial charge >= 0.3 is 11.9 Å². The summed E-state index contributed by atoms with van der Waals surface area (Å²) in [6.07, 6.45) is -0.508. The molecule has 11 heteroatoms. The third-order valence-corrected chi connectivity index (χ3v) is 3.81. The van der Waals surface area contributed by atoms with E-state index in [1.165, 1.54) is 6.92 Å². The van der Waals surface area contributed by atoms with Crippen LogP contribution in [0.15, 0.2) is 30.3 Å². The van der Waals surface area contributed by atoms with E-state index in [4.69, 9.17) is 15.9 Å². The molecular weight excluding hydrogens is 384 g/mol. The Hall–Kier alpha value is -3.47. The third-order valence-electron chi connectivity index (χ3n) is 3.81. The van der Waals surface area contributed by atoms with Crippen LogP contribution in [0.1, 0.15) is 18.9 Å². The van der Waals surface area contributed by atoms with Crippen molar-refractivity contribution in [2.24, 2.45) is 5.73 Å². The highest BCUT2D eigenvalue weighted by Gasteiger charge is 2.26. The number of rotatable bonds is 11. The fraction of sp³-hybridized carbons (Fsp3) is 0.389. The lowest BCUT2D eigenvalue weighted by molar-refractivity contribution is -0.139. The summed E-state index contributed by atoms with van der Waals surface area (Å²) >= 11 is 0. The molecule has 0 bridgehead atoms. The summed E-state index contributed by atoms with van der Waals surface area (Å²) in [4.78, 5) is 57.8. The van der Waals surface area contributed by atoms with Crippen LogP contribution in [0.4, 0.5) is 0 Å². The van der Waals surface area contributed by atoms with Crippen LogP contribution in [0.25, 0.3) is 0 Å². The van der Waals surface area contributed by atoms with E-state index >= 15 is 0 Å². The zero-order chi connectivity index (χ0) is 22.0.